The molecular formula is C24H33N5O2. The fourth-order valence-electron chi connectivity index (χ4n) is 3.93. The number of carbonyl (C=O) groups is 2. The van der Waals surface area contributed by atoms with Gasteiger partial charge in [-0.3, -0.25) is 9.59 Å². The lowest BCUT2D eigenvalue weighted by molar-refractivity contribution is -0.130. The summed E-state index contributed by atoms with van der Waals surface area (Å²) >= 11 is 0. The largest absolute Gasteiger partial charge is 0.363 e. The molecule has 1 aromatic heterocycles. The van der Waals surface area contributed by atoms with Crippen LogP contribution in [0.25, 0.3) is 0 Å². The number of hydrogen-bond donors (Lipinski definition) is 0. The number of carbonyl (C=O) groups excluding carboxylic acids is 2. The van der Waals surface area contributed by atoms with Gasteiger partial charge in [-0.15, -0.1) is 0 Å². The molecule has 7 nitrogen and oxygen atoms in total. The Morgan fingerprint density at radius 2 is 1.94 bits per heavy atom. The minimum absolute atomic E-state index is 0.0533. The van der Waals surface area contributed by atoms with Crippen molar-refractivity contribution in [1.82, 2.24) is 19.8 Å². The summed E-state index contributed by atoms with van der Waals surface area (Å²) in [6.45, 7) is 5.50. The second-order valence-electron chi connectivity index (χ2n) is 8.69. The van der Waals surface area contributed by atoms with Crippen LogP contribution in [0.3, 0.4) is 0 Å². The summed E-state index contributed by atoms with van der Waals surface area (Å²) in [5, 5.41) is 0. The molecule has 0 spiro atoms. The number of benzene rings is 1. The summed E-state index contributed by atoms with van der Waals surface area (Å²) in [5.74, 6) is 1.84. The highest BCUT2D eigenvalue weighted by molar-refractivity contribution is 5.78. The molecule has 1 fully saturated rings. The summed E-state index contributed by atoms with van der Waals surface area (Å²) in [5.41, 5.74) is 2.98. The maximum atomic E-state index is 12.8. The minimum atomic E-state index is 0.0533. The van der Waals surface area contributed by atoms with E-state index >= 15 is 0 Å². The van der Waals surface area contributed by atoms with Crippen molar-refractivity contribution in [3.8, 4) is 0 Å². The monoisotopic (exact) mass is 423 g/mol. The molecule has 1 atom stereocenters. The molecule has 2 amide bonds. The Hall–Kier alpha value is -2.96. The van der Waals surface area contributed by atoms with E-state index in [2.05, 4.69) is 0 Å². The van der Waals surface area contributed by atoms with Crippen LogP contribution in [0.2, 0.25) is 0 Å². The first-order valence-electron chi connectivity index (χ1n) is 10.8. The summed E-state index contributed by atoms with van der Waals surface area (Å²) in [4.78, 5) is 39.7. The zero-order chi connectivity index (χ0) is 22.5. The first kappa shape index (κ1) is 22.7. The quantitative estimate of drug-likeness (QED) is 0.715. The third kappa shape index (κ3) is 6.03. The molecular weight excluding hydrogens is 390 g/mol. The van der Waals surface area contributed by atoms with Crippen LogP contribution in [-0.4, -0.2) is 65.8 Å². The number of piperidine rings is 1. The molecule has 1 saturated heterocycles. The standard InChI is InChI=1S/C24H33N5O2/c1-17-8-6-9-19(12-17)13-23(31)28(5)16-21-14-22(27(3)4)26-24(25-21)20-10-7-11-29(15-20)18(2)30/h6,8-9,12,14,20H,7,10-11,13,15-16H2,1-5H3/t20-/m1/s1. The number of aromatic nitrogens is 2. The van der Waals surface area contributed by atoms with Gasteiger partial charge in [-0.25, -0.2) is 9.97 Å². The summed E-state index contributed by atoms with van der Waals surface area (Å²) in [6, 6.07) is 9.97. The third-order valence-electron chi connectivity index (χ3n) is 5.74. The van der Waals surface area contributed by atoms with Crippen LogP contribution >= 0.6 is 0 Å². The van der Waals surface area contributed by atoms with E-state index in [0.717, 1.165) is 47.8 Å². The van der Waals surface area contributed by atoms with Crippen molar-refractivity contribution in [2.45, 2.75) is 45.6 Å². The molecule has 0 radical (unpaired) electrons. The van der Waals surface area contributed by atoms with Crippen LogP contribution < -0.4 is 4.90 Å². The molecule has 2 aromatic rings. The molecule has 1 aliphatic rings. The Morgan fingerprint density at radius 3 is 2.61 bits per heavy atom. The average Bonchev–Trinajstić information content (AvgIpc) is 2.73. The number of amides is 2. The Bertz CT molecular complexity index is 943. The van der Waals surface area contributed by atoms with Gasteiger partial charge in [0.2, 0.25) is 11.8 Å². The lowest BCUT2D eigenvalue weighted by Gasteiger charge is -2.31. The Balaban J connectivity index is 1.77. The van der Waals surface area contributed by atoms with Crippen LogP contribution in [0.5, 0.6) is 0 Å². The van der Waals surface area contributed by atoms with Gasteiger partial charge in [-0.05, 0) is 25.3 Å². The van der Waals surface area contributed by atoms with Gasteiger partial charge in [0.25, 0.3) is 0 Å². The summed E-state index contributed by atoms with van der Waals surface area (Å²) in [7, 11) is 5.71. The molecule has 1 aromatic carbocycles. The topological polar surface area (TPSA) is 69.6 Å². The van der Waals surface area contributed by atoms with E-state index in [9.17, 15) is 9.59 Å². The number of likely N-dealkylation sites (tertiary alicyclic amines) is 1. The molecule has 31 heavy (non-hydrogen) atoms. The summed E-state index contributed by atoms with van der Waals surface area (Å²) < 4.78 is 0. The van der Waals surface area contributed by atoms with Gasteiger partial charge < -0.3 is 14.7 Å². The Morgan fingerprint density at radius 1 is 1.16 bits per heavy atom. The highest BCUT2D eigenvalue weighted by Crippen LogP contribution is 2.26. The predicted molar refractivity (Wildman–Crippen MR) is 122 cm³/mol. The van der Waals surface area contributed by atoms with Crippen molar-refractivity contribution in [3.63, 3.8) is 0 Å². The first-order valence-corrected chi connectivity index (χ1v) is 10.8. The second kappa shape index (κ2) is 9.90. The van der Waals surface area contributed by atoms with Crippen LogP contribution in [0.15, 0.2) is 30.3 Å². The van der Waals surface area contributed by atoms with E-state index in [0.29, 0.717) is 19.5 Å². The van der Waals surface area contributed by atoms with Gasteiger partial charge in [0.1, 0.15) is 11.6 Å². The van der Waals surface area contributed by atoms with Crippen molar-refractivity contribution in [3.05, 3.63) is 53.0 Å². The lowest BCUT2D eigenvalue weighted by Crippen LogP contribution is -2.38. The van der Waals surface area contributed by atoms with E-state index < -0.39 is 0 Å². The normalized spacial score (nSPS) is 16.2. The molecule has 0 bridgehead atoms. The zero-order valence-electron chi connectivity index (χ0n) is 19.3. The van der Waals surface area contributed by atoms with Crippen molar-refractivity contribution in [2.75, 3.05) is 39.1 Å². The highest BCUT2D eigenvalue weighted by atomic mass is 16.2. The number of rotatable bonds is 6. The number of aryl methyl sites for hydroxylation is 1. The van der Waals surface area contributed by atoms with Crippen LogP contribution in [0.4, 0.5) is 5.82 Å². The summed E-state index contributed by atoms with van der Waals surface area (Å²) in [6.07, 6.45) is 2.28. The molecule has 3 rings (SSSR count). The van der Waals surface area contributed by atoms with Gasteiger partial charge in [-0.1, -0.05) is 29.8 Å². The maximum Gasteiger partial charge on any atom is 0.227 e. The molecule has 0 aliphatic carbocycles. The molecule has 0 saturated carbocycles. The first-order chi connectivity index (χ1) is 14.7. The van der Waals surface area contributed by atoms with Crippen LogP contribution in [-0.2, 0) is 22.6 Å². The molecule has 1 aliphatic heterocycles. The minimum Gasteiger partial charge on any atom is -0.363 e. The number of likely N-dealkylation sites (N-methyl/N-ethyl adjacent to an activating group) is 1. The van der Waals surface area contributed by atoms with Crippen molar-refractivity contribution in [2.24, 2.45) is 0 Å². The van der Waals surface area contributed by atoms with Crippen molar-refractivity contribution < 1.29 is 9.59 Å². The lowest BCUT2D eigenvalue weighted by atomic mass is 9.97. The molecule has 0 N–H and O–H groups in total. The number of anilines is 1. The number of nitrogens with zero attached hydrogens (tertiary/aromatic N) is 5. The molecule has 7 heteroatoms. The maximum absolute atomic E-state index is 12.8. The van der Waals surface area contributed by atoms with E-state index in [-0.39, 0.29) is 17.7 Å². The average molecular weight is 424 g/mol. The SMILES string of the molecule is CC(=O)N1CCC[C@@H](c2nc(CN(C)C(=O)Cc3cccc(C)c3)cc(N(C)C)n2)C1. The Labute approximate surface area is 185 Å². The third-order valence-corrected chi connectivity index (χ3v) is 5.74. The van der Waals surface area contributed by atoms with Gasteiger partial charge in [0.05, 0.1) is 18.7 Å². The smallest absolute Gasteiger partial charge is 0.227 e. The molecule has 166 valence electrons. The van der Waals surface area contributed by atoms with E-state index in [1.54, 1.807) is 11.8 Å². The second-order valence-corrected chi connectivity index (χ2v) is 8.69. The van der Waals surface area contributed by atoms with E-state index in [1.807, 2.05) is 68.2 Å². The van der Waals surface area contributed by atoms with E-state index in [1.165, 1.54) is 0 Å². The Kier molecular flexibility index (Phi) is 7.25. The van der Waals surface area contributed by atoms with Gasteiger partial charge in [0, 0.05) is 53.1 Å². The predicted octanol–water partition coefficient (Wildman–Crippen LogP) is 2.78. The fraction of sp³-hybridized carbons (Fsp3) is 0.500. The van der Waals surface area contributed by atoms with Crippen molar-refractivity contribution >= 4 is 17.6 Å². The molecule has 0 unspecified atom stereocenters. The number of hydrogen-bond acceptors (Lipinski definition) is 5. The van der Waals surface area contributed by atoms with Gasteiger partial charge >= 0.3 is 0 Å². The van der Waals surface area contributed by atoms with Gasteiger partial charge in [0.15, 0.2) is 0 Å². The van der Waals surface area contributed by atoms with Crippen molar-refractivity contribution in [1.29, 1.82) is 0 Å². The fourth-order valence-corrected chi connectivity index (χ4v) is 3.93. The van der Waals surface area contributed by atoms with E-state index in [4.69, 9.17) is 9.97 Å². The van der Waals surface area contributed by atoms with Crippen LogP contribution in [0, 0.1) is 6.92 Å². The molecule has 2 heterocycles. The van der Waals surface area contributed by atoms with Gasteiger partial charge in [-0.2, -0.15) is 0 Å². The van der Waals surface area contributed by atoms with Crippen LogP contribution in [0.1, 0.15) is 48.3 Å². The highest BCUT2D eigenvalue weighted by Gasteiger charge is 2.26. The zero-order valence-corrected chi connectivity index (χ0v) is 19.3.